The lowest BCUT2D eigenvalue weighted by Gasteiger charge is -2.16. The monoisotopic (exact) mass is 478 g/mol. The number of primary amides is 1. The fourth-order valence-corrected chi connectivity index (χ4v) is 3.74. The number of hydrogen-bond acceptors (Lipinski definition) is 6. The summed E-state index contributed by atoms with van der Waals surface area (Å²) in [5.41, 5.74) is 6.90. The van der Waals surface area contributed by atoms with Crippen LogP contribution in [0.15, 0.2) is 42.5 Å². The molecule has 8 nitrogen and oxygen atoms in total. The second kappa shape index (κ2) is 9.90. The number of amides is 1. The van der Waals surface area contributed by atoms with E-state index in [4.69, 9.17) is 20.2 Å². The van der Waals surface area contributed by atoms with Gasteiger partial charge < -0.3 is 24.5 Å². The Hall–Kier alpha value is -3.31. The predicted molar refractivity (Wildman–Crippen MR) is 117 cm³/mol. The molecule has 0 bridgehead atoms. The number of nitrogens with two attached hydrogens (primary N) is 1. The number of benzene rings is 2. The summed E-state index contributed by atoms with van der Waals surface area (Å²) in [6.45, 7) is 3.33. The molecule has 1 aliphatic rings. The van der Waals surface area contributed by atoms with Gasteiger partial charge in [-0.05, 0) is 56.2 Å². The van der Waals surface area contributed by atoms with Crippen molar-refractivity contribution in [2.24, 2.45) is 5.73 Å². The molecule has 0 saturated carbocycles. The van der Waals surface area contributed by atoms with E-state index in [0.717, 1.165) is 29.7 Å². The number of rotatable bonds is 9. The molecular weight excluding hydrogens is 453 g/mol. The summed E-state index contributed by atoms with van der Waals surface area (Å²) >= 11 is 0. The topological polar surface area (TPSA) is 101 Å². The molecule has 1 fully saturated rings. The third-order valence-corrected chi connectivity index (χ3v) is 5.50. The molecule has 0 aliphatic carbocycles. The summed E-state index contributed by atoms with van der Waals surface area (Å²) in [6, 6.07) is 10.0. The summed E-state index contributed by atoms with van der Waals surface area (Å²) < 4.78 is 54.7. The molecule has 182 valence electrons. The molecule has 34 heavy (non-hydrogen) atoms. The minimum absolute atomic E-state index is 0.0514. The number of hydrogen-bond donors (Lipinski definition) is 2. The zero-order chi connectivity index (χ0) is 24.3. The van der Waals surface area contributed by atoms with Crippen LogP contribution >= 0.6 is 0 Å². The zero-order valence-corrected chi connectivity index (χ0v) is 18.5. The minimum Gasteiger partial charge on any atom is -0.457 e. The number of aromatic nitrogens is 2. The number of nitrogens with zero attached hydrogens (tertiary/aromatic N) is 2. The van der Waals surface area contributed by atoms with Gasteiger partial charge in [-0.25, -0.2) is 4.98 Å². The second-order valence-electron chi connectivity index (χ2n) is 8.05. The van der Waals surface area contributed by atoms with Gasteiger partial charge in [0.05, 0.1) is 36.3 Å². The van der Waals surface area contributed by atoms with Gasteiger partial charge in [0.1, 0.15) is 23.1 Å². The van der Waals surface area contributed by atoms with Crippen molar-refractivity contribution in [3.05, 3.63) is 48.3 Å². The van der Waals surface area contributed by atoms with E-state index in [9.17, 15) is 18.0 Å². The Kier molecular flexibility index (Phi) is 6.94. The molecule has 2 heterocycles. The molecule has 1 saturated heterocycles. The standard InChI is InChI=1S/C23H25F3N4O4/c1-14(22(27)31)28-12-21-29-19-9-8-17(11-20(19)30(21)13-18-3-2-10-32-18)33-15-4-6-16(7-5-15)34-23(24,25)26/h4-9,11,14,18,28H,2-3,10,12-13H2,1H3,(H2,27,31)/t14-,18-/m0/s1. The lowest BCUT2D eigenvalue weighted by molar-refractivity contribution is -0.274. The number of carbonyl (C=O) groups is 1. The number of fused-ring (bicyclic) bond motifs is 1. The van der Waals surface area contributed by atoms with Gasteiger partial charge in [0.2, 0.25) is 5.91 Å². The summed E-state index contributed by atoms with van der Waals surface area (Å²) in [4.78, 5) is 16.1. The van der Waals surface area contributed by atoms with Crippen LogP contribution in [0.2, 0.25) is 0 Å². The smallest absolute Gasteiger partial charge is 0.457 e. The van der Waals surface area contributed by atoms with Crippen molar-refractivity contribution in [2.45, 2.75) is 51.4 Å². The van der Waals surface area contributed by atoms with Crippen molar-refractivity contribution in [1.82, 2.24) is 14.9 Å². The molecule has 0 radical (unpaired) electrons. The van der Waals surface area contributed by atoms with Gasteiger partial charge in [0, 0.05) is 12.7 Å². The van der Waals surface area contributed by atoms with E-state index >= 15 is 0 Å². The van der Waals surface area contributed by atoms with Crippen molar-refractivity contribution < 1.29 is 32.2 Å². The van der Waals surface area contributed by atoms with Crippen molar-refractivity contribution in [2.75, 3.05) is 6.61 Å². The van der Waals surface area contributed by atoms with E-state index < -0.39 is 18.3 Å². The quantitative estimate of drug-likeness (QED) is 0.484. The highest BCUT2D eigenvalue weighted by molar-refractivity contribution is 5.79. The normalized spacial score (nSPS) is 17.1. The van der Waals surface area contributed by atoms with E-state index in [2.05, 4.69) is 10.1 Å². The van der Waals surface area contributed by atoms with Crippen LogP contribution in [0, 0.1) is 0 Å². The lowest BCUT2D eigenvalue weighted by atomic mass is 10.2. The molecule has 2 aromatic carbocycles. The molecule has 0 unspecified atom stereocenters. The SMILES string of the molecule is C[C@H](NCc1nc2ccc(Oc3ccc(OC(F)(F)F)cc3)cc2n1C[C@@H]1CCCO1)C(N)=O. The highest BCUT2D eigenvalue weighted by atomic mass is 19.4. The van der Waals surface area contributed by atoms with Gasteiger partial charge in [0.25, 0.3) is 0 Å². The third-order valence-electron chi connectivity index (χ3n) is 5.50. The van der Waals surface area contributed by atoms with Crippen molar-refractivity contribution in [3.8, 4) is 17.2 Å². The summed E-state index contributed by atoms with van der Waals surface area (Å²) in [6.07, 6.45) is -2.77. The van der Waals surface area contributed by atoms with E-state index in [1.165, 1.54) is 24.3 Å². The van der Waals surface area contributed by atoms with Gasteiger partial charge in [0.15, 0.2) is 0 Å². The molecule has 11 heteroatoms. The van der Waals surface area contributed by atoms with Crippen molar-refractivity contribution >= 4 is 16.9 Å². The Labute approximate surface area is 193 Å². The molecule has 2 atom stereocenters. The largest absolute Gasteiger partial charge is 0.573 e. The van der Waals surface area contributed by atoms with Crippen LogP contribution in [0.3, 0.4) is 0 Å². The van der Waals surface area contributed by atoms with Crippen LogP contribution in [0.1, 0.15) is 25.6 Å². The first kappa shape index (κ1) is 23.8. The van der Waals surface area contributed by atoms with Crippen LogP contribution in [-0.4, -0.2) is 40.6 Å². The Bertz CT molecular complexity index is 1140. The average molecular weight is 478 g/mol. The van der Waals surface area contributed by atoms with Crippen LogP contribution < -0.4 is 20.5 Å². The molecule has 1 aliphatic heterocycles. The number of ether oxygens (including phenoxy) is 3. The van der Waals surface area contributed by atoms with Crippen LogP contribution in [0.5, 0.6) is 17.2 Å². The van der Waals surface area contributed by atoms with Crippen molar-refractivity contribution in [3.63, 3.8) is 0 Å². The Morgan fingerprint density at radius 1 is 1.24 bits per heavy atom. The minimum atomic E-state index is -4.75. The first-order chi connectivity index (χ1) is 16.2. The van der Waals surface area contributed by atoms with Gasteiger partial charge >= 0.3 is 6.36 Å². The number of halogens is 3. The maximum Gasteiger partial charge on any atom is 0.573 e. The van der Waals surface area contributed by atoms with Gasteiger partial charge in [-0.15, -0.1) is 13.2 Å². The molecule has 3 N–H and O–H groups in total. The predicted octanol–water partition coefficient (Wildman–Crippen LogP) is 3.87. The number of alkyl halides is 3. The molecule has 1 amide bonds. The first-order valence-electron chi connectivity index (χ1n) is 10.8. The zero-order valence-electron chi connectivity index (χ0n) is 18.5. The Morgan fingerprint density at radius 3 is 2.59 bits per heavy atom. The van der Waals surface area contributed by atoms with E-state index in [1.807, 2.05) is 10.6 Å². The number of imidazole rings is 1. The summed E-state index contributed by atoms with van der Waals surface area (Å²) in [5, 5.41) is 3.08. The van der Waals surface area contributed by atoms with Crippen molar-refractivity contribution in [1.29, 1.82) is 0 Å². The summed E-state index contributed by atoms with van der Waals surface area (Å²) in [5.74, 6) is 0.799. The molecule has 4 rings (SSSR count). The molecule has 0 spiro atoms. The van der Waals surface area contributed by atoms with E-state index in [-0.39, 0.29) is 11.9 Å². The fourth-order valence-electron chi connectivity index (χ4n) is 3.74. The van der Waals surface area contributed by atoms with Gasteiger partial charge in [-0.1, -0.05) is 0 Å². The average Bonchev–Trinajstić information content (AvgIpc) is 3.41. The second-order valence-corrected chi connectivity index (χ2v) is 8.05. The van der Waals surface area contributed by atoms with Gasteiger partial charge in [-0.3, -0.25) is 10.1 Å². The molecule has 3 aromatic rings. The number of carbonyl (C=O) groups excluding carboxylic acids is 1. The highest BCUT2D eigenvalue weighted by Crippen LogP contribution is 2.30. The lowest BCUT2D eigenvalue weighted by Crippen LogP contribution is -2.38. The summed E-state index contributed by atoms with van der Waals surface area (Å²) in [7, 11) is 0. The molecule has 1 aromatic heterocycles. The van der Waals surface area contributed by atoms with E-state index in [1.54, 1.807) is 19.1 Å². The Balaban J connectivity index is 1.57. The highest BCUT2D eigenvalue weighted by Gasteiger charge is 2.31. The molecular formula is C23H25F3N4O4. The van der Waals surface area contributed by atoms with Crippen LogP contribution in [0.4, 0.5) is 13.2 Å². The van der Waals surface area contributed by atoms with Crippen LogP contribution in [-0.2, 0) is 22.6 Å². The Morgan fingerprint density at radius 2 is 1.94 bits per heavy atom. The fraction of sp³-hybridized carbons (Fsp3) is 0.391. The maximum absolute atomic E-state index is 12.4. The number of nitrogens with one attached hydrogen (secondary N) is 1. The maximum atomic E-state index is 12.4. The third kappa shape index (κ3) is 5.97. The first-order valence-corrected chi connectivity index (χ1v) is 10.8. The van der Waals surface area contributed by atoms with E-state index in [0.29, 0.717) is 31.2 Å². The van der Waals surface area contributed by atoms with Gasteiger partial charge in [-0.2, -0.15) is 0 Å². The van der Waals surface area contributed by atoms with Crippen LogP contribution in [0.25, 0.3) is 11.0 Å².